The zero-order valence-electron chi connectivity index (χ0n) is 16.1. The standard InChI is InChI=1S/C22H22ClN3O2/c1-13(15-4-5-17-11-26(14(2)27)12-18(17)8-15)24-22(28)21-9-16-6-7-19(23)10-20(16)25(21)3/h4-10,13H,11-12H2,1-3H3,(H,24,28). The largest absolute Gasteiger partial charge is 0.344 e. The number of aromatic nitrogens is 1. The highest BCUT2D eigenvalue weighted by atomic mass is 35.5. The van der Waals surface area contributed by atoms with Crippen molar-refractivity contribution in [1.82, 2.24) is 14.8 Å². The first-order chi connectivity index (χ1) is 13.3. The van der Waals surface area contributed by atoms with Gasteiger partial charge in [0.1, 0.15) is 5.69 Å². The van der Waals surface area contributed by atoms with Crippen molar-refractivity contribution < 1.29 is 9.59 Å². The molecule has 4 rings (SSSR count). The molecule has 0 radical (unpaired) electrons. The van der Waals surface area contributed by atoms with Gasteiger partial charge >= 0.3 is 0 Å². The Balaban J connectivity index is 1.54. The van der Waals surface area contributed by atoms with E-state index in [0.29, 0.717) is 23.8 Å². The number of aryl methyl sites for hydroxylation is 1. The van der Waals surface area contributed by atoms with Crippen LogP contribution in [-0.2, 0) is 24.9 Å². The molecule has 5 nitrogen and oxygen atoms in total. The molecule has 0 saturated carbocycles. The van der Waals surface area contributed by atoms with Crippen LogP contribution in [0.2, 0.25) is 5.02 Å². The number of carbonyl (C=O) groups excluding carboxylic acids is 2. The average molecular weight is 396 g/mol. The van der Waals surface area contributed by atoms with E-state index in [-0.39, 0.29) is 17.9 Å². The molecule has 6 heteroatoms. The van der Waals surface area contributed by atoms with Crippen molar-refractivity contribution in [2.75, 3.05) is 0 Å². The summed E-state index contributed by atoms with van der Waals surface area (Å²) in [6.07, 6.45) is 0. The van der Waals surface area contributed by atoms with Crippen LogP contribution in [0.5, 0.6) is 0 Å². The van der Waals surface area contributed by atoms with Crippen LogP contribution in [-0.4, -0.2) is 21.3 Å². The second-order valence-corrected chi connectivity index (χ2v) is 7.83. The lowest BCUT2D eigenvalue weighted by molar-refractivity contribution is -0.129. The van der Waals surface area contributed by atoms with Crippen LogP contribution in [0.25, 0.3) is 10.9 Å². The third-order valence-electron chi connectivity index (χ3n) is 5.49. The fraction of sp³-hybridized carbons (Fsp3) is 0.273. The van der Waals surface area contributed by atoms with E-state index in [1.807, 2.05) is 53.8 Å². The lowest BCUT2D eigenvalue weighted by atomic mass is 10.0. The number of carbonyl (C=O) groups is 2. The number of amides is 2. The Kier molecular flexibility index (Phi) is 4.63. The maximum Gasteiger partial charge on any atom is 0.268 e. The summed E-state index contributed by atoms with van der Waals surface area (Å²) in [5.41, 5.74) is 4.86. The first-order valence-corrected chi connectivity index (χ1v) is 9.64. The number of rotatable bonds is 3. The molecule has 0 spiro atoms. The van der Waals surface area contributed by atoms with Crippen molar-refractivity contribution in [2.45, 2.75) is 33.0 Å². The Morgan fingerprint density at radius 3 is 2.57 bits per heavy atom. The Hall–Kier alpha value is -2.79. The molecule has 2 amide bonds. The summed E-state index contributed by atoms with van der Waals surface area (Å²) in [5, 5.41) is 4.70. The van der Waals surface area contributed by atoms with E-state index in [2.05, 4.69) is 17.4 Å². The van der Waals surface area contributed by atoms with Gasteiger partial charge < -0.3 is 14.8 Å². The molecule has 0 saturated heterocycles. The minimum atomic E-state index is -0.147. The minimum Gasteiger partial charge on any atom is -0.344 e. The molecule has 1 aromatic heterocycles. The molecule has 0 aliphatic carbocycles. The molecule has 1 unspecified atom stereocenters. The third kappa shape index (κ3) is 3.27. The quantitative estimate of drug-likeness (QED) is 0.723. The van der Waals surface area contributed by atoms with E-state index < -0.39 is 0 Å². The highest BCUT2D eigenvalue weighted by Crippen LogP contribution is 2.27. The molecule has 3 aromatic rings. The lowest BCUT2D eigenvalue weighted by Gasteiger charge is -2.16. The first-order valence-electron chi connectivity index (χ1n) is 9.26. The molecule has 144 valence electrons. The van der Waals surface area contributed by atoms with E-state index in [1.54, 1.807) is 6.92 Å². The van der Waals surface area contributed by atoms with Gasteiger partial charge in [-0.25, -0.2) is 0 Å². The van der Waals surface area contributed by atoms with E-state index >= 15 is 0 Å². The molecule has 2 heterocycles. The van der Waals surface area contributed by atoms with E-state index in [9.17, 15) is 9.59 Å². The molecule has 1 atom stereocenters. The van der Waals surface area contributed by atoms with E-state index in [1.165, 1.54) is 5.56 Å². The molecular formula is C22H22ClN3O2. The van der Waals surface area contributed by atoms with Crippen LogP contribution in [0.1, 0.15) is 47.1 Å². The smallest absolute Gasteiger partial charge is 0.268 e. The first kappa shape index (κ1) is 18.6. The second-order valence-electron chi connectivity index (χ2n) is 7.39. The van der Waals surface area contributed by atoms with Gasteiger partial charge in [0.2, 0.25) is 5.91 Å². The Labute approximate surface area is 168 Å². The number of benzene rings is 2. The molecule has 1 N–H and O–H groups in total. The van der Waals surface area contributed by atoms with Gasteiger partial charge in [-0.1, -0.05) is 35.9 Å². The summed E-state index contributed by atoms with van der Waals surface area (Å²) in [4.78, 5) is 26.3. The van der Waals surface area contributed by atoms with Crippen molar-refractivity contribution in [1.29, 1.82) is 0 Å². The number of halogens is 1. The van der Waals surface area contributed by atoms with E-state index in [4.69, 9.17) is 11.6 Å². The Morgan fingerprint density at radius 2 is 1.82 bits per heavy atom. The second kappa shape index (κ2) is 6.99. The minimum absolute atomic E-state index is 0.0787. The molecule has 1 aliphatic heterocycles. The van der Waals surface area contributed by atoms with Gasteiger partial charge in [-0.15, -0.1) is 0 Å². The zero-order chi connectivity index (χ0) is 20.0. The molecule has 2 aromatic carbocycles. The van der Waals surface area contributed by atoms with Gasteiger partial charge in [0.15, 0.2) is 0 Å². The van der Waals surface area contributed by atoms with Gasteiger partial charge in [0.25, 0.3) is 5.91 Å². The summed E-state index contributed by atoms with van der Waals surface area (Å²) in [6.45, 7) is 4.84. The van der Waals surface area contributed by atoms with Gasteiger partial charge in [-0.05, 0) is 41.8 Å². The Bertz CT molecular complexity index is 1100. The maximum absolute atomic E-state index is 12.9. The normalized spacial score (nSPS) is 14.2. The molecule has 0 bridgehead atoms. The van der Waals surface area contributed by atoms with Gasteiger partial charge in [0, 0.05) is 43.0 Å². The SMILES string of the molecule is CC(=O)N1Cc2ccc(C(C)NC(=O)c3cc4ccc(Cl)cc4n3C)cc2C1. The van der Waals surface area contributed by atoms with Crippen LogP contribution in [0, 0.1) is 0 Å². The zero-order valence-corrected chi connectivity index (χ0v) is 16.9. The predicted octanol–water partition coefficient (Wildman–Crippen LogP) is 4.18. The third-order valence-corrected chi connectivity index (χ3v) is 5.72. The molecular weight excluding hydrogens is 374 g/mol. The highest BCUT2D eigenvalue weighted by Gasteiger charge is 2.22. The number of fused-ring (bicyclic) bond motifs is 2. The number of nitrogens with one attached hydrogen (secondary N) is 1. The van der Waals surface area contributed by atoms with Crippen molar-refractivity contribution in [3.63, 3.8) is 0 Å². The highest BCUT2D eigenvalue weighted by molar-refractivity contribution is 6.31. The predicted molar refractivity (Wildman–Crippen MR) is 110 cm³/mol. The number of nitrogens with zero attached hydrogens (tertiary/aromatic N) is 2. The van der Waals surface area contributed by atoms with Crippen LogP contribution in [0.4, 0.5) is 0 Å². The number of hydrogen-bond acceptors (Lipinski definition) is 2. The summed E-state index contributed by atoms with van der Waals surface area (Å²) in [7, 11) is 1.87. The van der Waals surface area contributed by atoms with Crippen molar-refractivity contribution in [3.05, 3.63) is 69.9 Å². The van der Waals surface area contributed by atoms with Crippen molar-refractivity contribution >= 4 is 34.3 Å². The molecule has 1 aliphatic rings. The van der Waals surface area contributed by atoms with Crippen LogP contribution < -0.4 is 5.32 Å². The monoisotopic (exact) mass is 395 g/mol. The van der Waals surface area contributed by atoms with Crippen LogP contribution >= 0.6 is 11.6 Å². The molecule has 0 fully saturated rings. The summed E-state index contributed by atoms with van der Waals surface area (Å²) in [5.74, 6) is -0.0526. The van der Waals surface area contributed by atoms with Gasteiger partial charge in [-0.3, -0.25) is 9.59 Å². The topological polar surface area (TPSA) is 54.3 Å². The summed E-state index contributed by atoms with van der Waals surface area (Å²) < 4.78 is 1.86. The number of hydrogen-bond donors (Lipinski definition) is 1. The Morgan fingerprint density at radius 1 is 1.07 bits per heavy atom. The average Bonchev–Trinajstić information content (AvgIpc) is 3.23. The maximum atomic E-state index is 12.9. The van der Waals surface area contributed by atoms with Crippen molar-refractivity contribution in [3.8, 4) is 0 Å². The van der Waals surface area contributed by atoms with Crippen LogP contribution in [0.3, 0.4) is 0 Å². The van der Waals surface area contributed by atoms with E-state index in [0.717, 1.165) is 22.0 Å². The van der Waals surface area contributed by atoms with Crippen LogP contribution in [0.15, 0.2) is 42.5 Å². The molecule has 28 heavy (non-hydrogen) atoms. The van der Waals surface area contributed by atoms with Gasteiger partial charge in [0.05, 0.1) is 6.04 Å². The van der Waals surface area contributed by atoms with Gasteiger partial charge in [-0.2, -0.15) is 0 Å². The fourth-order valence-corrected chi connectivity index (χ4v) is 3.95. The fourth-order valence-electron chi connectivity index (χ4n) is 3.78. The van der Waals surface area contributed by atoms with Crippen molar-refractivity contribution in [2.24, 2.45) is 7.05 Å². The lowest BCUT2D eigenvalue weighted by Crippen LogP contribution is -2.28. The summed E-state index contributed by atoms with van der Waals surface area (Å²) in [6, 6.07) is 13.5. The summed E-state index contributed by atoms with van der Waals surface area (Å²) >= 11 is 6.08.